The number of rotatable bonds is 3. The fraction of sp³-hybridized carbons (Fsp3) is 0.167. The lowest BCUT2D eigenvalue weighted by molar-refractivity contribution is 1.07. The molecule has 2 aromatic rings. The van der Waals surface area contributed by atoms with Crippen molar-refractivity contribution in [3.05, 3.63) is 45.7 Å². The quantitative estimate of drug-likeness (QED) is 0.641. The van der Waals surface area contributed by atoms with Crippen molar-refractivity contribution in [2.45, 2.75) is 13.5 Å². The van der Waals surface area contributed by atoms with Crippen LogP contribution in [-0.4, -0.2) is 9.97 Å². The first-order chi connectivity index (χ1) is 8.56. The lowest BCUT2D eigenvalue weighted by Crippen LogP contribution is -2.18. The molecule has 6 N–H and O–H groups in total. The van der Waals surface area contributed by atoms with Crippen molar-refractivity contribution < 1.29 is 0 Å². The second-order valence-corrected chi connectivity index (χ2v) is 4.05. The van der Waals surface area contributed by atoms with E-state index in [1.54, 1.807) is 0 Å². The largest absolute Gasteiger partial charge is 0.391 e. The Labute approximate surface area is 104 Å². The Kier molecular flexibility index (Phi) is 3.18. The molecule has 6 heteroatoms. The predicted octanol–water partition coefficient (Wildman–Crippen LogP) is 0.855. The highest BCUT2D eigenvalue weighted by Crippen LogP contribution is 2.12. The van der Waals surface area contributed by atoms with E-state index in [0.29, 0.717) is 12.4 Å². The molecule has 0 aliphatic rings. The second-order valence-electron chi connectivity index (χ2n) is 4.05. The van der Waals surface area contributed by atoms with E-state index < -0.39 is 5.56 Å². The summed E-state index contributed by atoms with van der Waals surface area (Å²) >= 11 is 0. The Hall–Kier alpha value is -2.50. The SMILES string of the molecule is Cc1ccc(CNc2nc(N)[nH]c(=O)c2N)cc1. The highest BCUT2D eigenvalue weighted by atomic mass is 16.1. The molecular formula is C12H15N5O. The Morgan fingerprint density at radius 2 is 1.94 bits per heavy atom. The first kappa shape index (κ1) is 12.0. The molecule has 2 rings (SSSR count). The van der Waals surface area contributed by atoms with Crippen molar-refractivity contribution in [1.29, 1.82) is 0 Å². The minimum absolute atomic E-state index is 0.0383. The van der Waals surface area contributed by atoms with E-state index >= 15 is 0 Å². The summed E-state index contributed by atoms with van der Waals surface area (Å²) in [6.07, 6.45) is 0. The molecule has 0 aliphatic heterocycles. The van der Waals surface area contributed by atoms with E-state index in [1.807, 2.05) is 31.2 Å². The van der Waals surface area contributed by atoms with Crippen molar-refractivity contribution >= 4 is 17.5 Å². The summed E-state index contributed by atoms with van der Waals surface area (Å²) in [7, 11) is 0. The number of aromatic nitrogens is 2. The number of hydrogen-bond donors (Lipinski definition) is 4. The Morgan fingerprint density at radius 3 is 2.61 bits per heavy atom. The first-order valence-electron chi connectivity index (χ1n) is 5.51. The highest BCUT2D eigenvalue weighted by Gasteiger charge is 2.06. The zero-order chi connectivity index (χ0) is 13.1. The average molecular weight is 245 g/mol. The third kappa shape index (κ3) is 2.60. The molecule has 94 valence electrons. The van der Waals surface area contributed by atoms with Gasteiger partial charge in [0.1, 0.15) is 5.69 Å². The number of nitrogens with zero attached hydrogens (tertiary/aromatic N) is 1. The first-order valence-corrected chi connectivity index (χ1v) is 5.51. The molecular weight excluding hydrogens is 230 g/mol. The smallest absolute Gasteiger partial charge is 0.277 e. The summed E-state index contributed by atoms with van der Waals surface area (Å²) in [4.78, 5) is 17.7. The summed E-state index contributed by atoms with van der Waals surface area (Å²) in [6, 6.07) is 8.02. The molecule has 0 unspecified atom stereocenters. The summed E-state index contributed by atoms with van der Waals surface area (Å²) in [5.41, 5.74) is 12.9. The number of hydrogen-bond acceptors (Lipinski definition) is 5. The third-order valence-electron chi connectivity index (χ3n) is 2.55. The number of benzene rings is 1. The minimum atomic E-state index is -0.436. The van der Waals surface area contributed by atoms with Crippen LogP contribution < -0.4 is 22.3 Å². The summed E-state index contributed by atoms with van der Waals surface area (Å²) < 4.78 is 0. The zero-order valence-electron chi connectivity index (χ0n) is 10.0. The van der Waals surface area contributed by atoms with Gasteiger partial charge in [0.25, 0.3) is 5.56 Å². The van der Waals surface area contributed by atoms with Crippen molar-refractivity contribution in [3.8, 4) is 0 Å². The van der Waals surface area contributed by atoms with Crippen molar-refractivity contribution in [2.24, 2.45) is 0 Å². The molecule has 18 heavy (non-hydrogen) atoms. The molecule has 1 aromatic carbocycles. The number of anilines is 3. The van der Waals surface area contributed by atoms with Gasteiger partial charge >= 0.3 is 0 Å². The number of nitrogen functional groups attached to an aromatic ring is 2. The van der Waals surface area contributed by atoms with Gasteiger partial charge in [-0.05, 0) is 12.5 Å². The summed E-state index contributed by atoms with van der Waals surface area (Å²) in [6.45, 7) is 2.55. The van der Waals surface area contributed by atoms with E-state index in [1.165, 1.54) is 5.56 Å². The van der Waals surface area contributed by atoms with Gasteiger partial charge < -0.3 is 16.8 Å². The lowest BCUT2D eigenvalue weighted by atomic mass is 10.1. The molecule has 0 spiro atoms. The van der Waals surface area contributed by atoms with Crippen LogP contribution in [0.3, 0.4) is 0 Å². The van der Waals surface area contributed by atoms with E-state index in [4.69, 9.17) is 11.5 Å². The molecule has 0 atom stereocenters. The maximum atomic E-state index is 11.4. The third-order valence-corrected chi connectivity index (χ3v) is 2.55. The monoisotopic (exact) mass is 245 g/mol. The van der Waals surface area contributed by atoms with Crippen LogP contribution >= 0.6 is 0 Å². The van der Waals surface area contributed by atoms with Crippen LogP contribution in [-0.2, 0) is 6.54 Å². The molecule has 1 heterocycles. The van der Waals surface area contributed by atoms with Crippen LogP contribution in [0, 0.1) is 6.92 Å². The van der Waals surface area contributed by atoms with E-state index in [9.17, 15) is 4.79 Å². The van der Waals surface area contributed by atoms with E-state index in [0.717, 1.165) is 5.56 Å². The van der Waals surface area contributed by atoms with Gasteiger partial charge in [0.2, 0.25) is 5.95 Å². The van der Waals surface area contributed by atoms with Crippen LogP contribution in [0.1, 0.15) is 11.1 Å². The molecule has 0 fully saturated rings. The fourth-order valence-corrected chi connectivity index (χ4v) is 1.53. The average Bonchev–Trinajstić information content (AvgIpc) is 2.34. The molecule has 0 saturated carbocycles. The molecule has 0 bridgehead atoms. The van der Waals surface area contributed by atoms with E-state index in [2.05, 4.69) is 15.3 Å². The molecule has 0 aliphatic carbocycles. The maximum Gasteiger partial charge on any atom is 0.277 e. The number of aromatic amines is 1. The summed E-state index contributed by atoms with van der Waals surface area (Å²) in [5.74, 6) is 0.345. The van der Waals surface area contributed by atoms with Crippen LogP contribution in [0.25, 0.3) is 0 Å². The number of nitrogens with two attached hydrogens (primary N) is 2. The molecule has 0 amide bonds. The highest BCUT2D eigenvalue weighted by molar-refractivity contribution is 5.61. The molecule has 6 nitrogen and oxygen atoms in total. The molecule has 0 radical (unpaired) electrons. The number of H-pyrrole nitrogens is 1. The second kappa shape index (κ2) is 4.79. The lowest BCUT2D eigenvalue weighted by Gasteiger charge is -2.08. The van der Waals surface area contributed by atoms with Gasteiger partial charge in [-0.2, -0.15) is 4.98 Å². The van der Waals surface area contributed by atoms with Gasteiger partial charge in [-0.3, -0.25) is 9.78 Å². The zero-order valence-corrected chi connectivity index (χ0v) is 10.0. The van der Waals surface area contributed by atoms with Crippen LogP contribution in [0.15, 0.2) is 29.1 Å². The standard InChI is InChI=1S/C12H15N5O/c1-7-2-4-8(5-3-7)6-15-10-9(13)11(18)17-12(14)16-10/h2-5H,6,13H2,1H3,(H4,14,15,16,17,18). The fourth-order valence-electron chi connectivity index (χ4n) is 1.53. The molecule has 1 aromatic heterocycles. The molecule has 0 saturated heterocycles. The van der Waals surface area contributed by atoms with Gasteiger partial charge in [0.05, 0.1) is 0 Å². The van der Waals surface area contributed by atoms with Gasteiger partial charge in [-0.1, -0.05) is 29.8 Å². The Balaban J connectivity index is 2.15. The Morgan fingerprint density at radius 1 is 1.28 bits per heavy atom. The number of nitrogens with one attached hydrogen (secondary N) is 2. The maximum absolute atomic E-state index is 11.4. The normalized spacial score (nSPS) is 10.3. The minimum Gasteiger partial charge on any atom is -0.391 e. The van der Waals surface area contributed by atoms with Crippen molar-refractivity contribution in [1.82, 2.24) is 9.97 Å². The van der Waals surface area contributed by atoms with Crippen LogP contribution in [0.2, 0.25) is 0 Å². The topological polar surface area (TPSA) is 110 Å². The number of aryl methyl sites for hydroxylation is 1. The Bertz CT molecular complexity index is 603. The van der Waals surface area contributed by atoms with Crippen LogP contribution in [0.4, 0.5) is 17.5 Å². The van der Waals surface area contributed by atoms with Gasteiger partial charge in [0.15, 0.2) is 5.82 Å². The van der Waals surface area contributed by atoms with E-state index in [-0.39, 0.29) is 11.6 Å². The van der Waals surface area contributed by atoms with Crippen molar-refractivity contribution in [2.75, 3.05) is 16.8 Å². The van der Waals surface area contributed by atoms with Gasteiger partial charge in [0, 0.05) is 6.54 Å². The van der Waals surface area contributed by atoms with Crippen molar-refractivity contribution in [3.63, 3.8) is 0 Å². The predicted molar refractivity (Wildman–Crippen MR) is 72.2 cm³/mol. The van der Waals surface area contributed by atoms with Gasteiger partial charge in [-0.25, -0.2) is 0 Å². The summed E-state index contributed by atoms with van der Waals surface area (Å²) in [5, 5.41) is 2.99. The van der Waals surface area contributed by atoms with Crippen LogP contribution in [0.5, 0.6) is 0 Å². The van der Waals surface area contributed by atoms with Gasteiger partial charge in [-0.15, -0.1) is 0 Å².